The number of rotatable bonds is 0. The second kappa shape index (κ2) is 2.59. The number of phenols is 2. The average Bonchev–Trinajstić information content (AvgIpc) is 2.35. The lowest BCUT2D eigenvalue weighted by atomic mass is 10.0. The molecule has 0 fully saturated rings. The van der Waals surface area contributed by atoms with E-state index in [1.807, 2.05) is 0 Å². The molecular weight excluding hydrogens is 172 g/mol. The Balaban J connectivity index is 2.56. The van der Waals surface area contributed by atoms with E-state index in [9.17, 15) is 10.2 Å². The molecule has 2 rings (SSSR count). The predicted molar refractivity (Wildman–Crippen MR) is 48.9 cm³/mol. The quantitative estimate of drug-likeness (QED) is 0.605. The molecule has 0 amide bonds. The molecule has 0 saturated heterocycles. The van der Waals surface area contributed by atoms with Crippen LogP contribution >= 0.6 is 11.8 Å². The summed E-state index contributed by atoms with van der Waals surface area (Å²) in [6.07, 6.45) is 0. The normalized spacial score (nSPS) is 20.9. The summed E-state index contributed by atoms with van der Waals surface area (Å²) in [6.45, 7) is 2.12. The Morgan fingerprint density at radius 3 is 2.75 bits per heavy atom. The molecule has 1 aromatic rings. The molecule has 0 saturated carbocycles. The van der Waals surface area contributed by atoms with E-state index in [4.69, 9.17) is 0 Å². The minimum Gasteiger partial charge on any atom is -0.504 e. The van der Waals surface area contributed by atoms with Gasteiger partial charge in [0.25, 0.3) is 0 Å². The summed E-state index contributed by atoms with van der Waals surface area (Å²) in [6, 6.07) is 3.30. The van der Waals surface area contributed by atoms with Crippen LogP contribution in [0.4, 0.5) is 0 Å². The number of fused-ring (bicyclic) bond motifs is 1. The molecule has 1 aliphatic rings. The van der Waals surface area contributed by atoms with Gasteiger partial charge in [0, 0.05) is 10.6 Å². The van der Waals surface area contributed by atoms with Gasteiger partial charge in [-0.1, -0.05) is 6.92 Å². The molecule has 1 atom stereocenters. The molecule has 2 N–H and O–H groups in total. The lowest BCUT2D eigenvalue weighted by molar-refractivity contribution is 0.401. The van der Waals surface area contributed by atoms with Gasteiger partial charge < -0.3 is 10.2 Å². The fourth-order valence-corrected chi connectivity index (χ4v) is 2.62. The summed E-state index contributed by atoms with van der Waals surface area (Å²) < 4.78 is 0. The van der Waals surface area contributed by atoms with E-state index in [0.717, 1.165) is 16.2 Å². The zero-order chi connectivity index (χ0) is 8.72. The largest absolute Gasteiger partial charge is 0.504 e. The van der Waals surface area contributed by atoms with Crippen molar-refractivity contribution in [3.05, 3.63) is 17.7 Å². The summed E-state index contributed by atoms with van der Waals surface area (Å²) in [7, 11) is 0. The van der Waals surface area contributed by atoms with E-state index in [0.29, 0.717) is 5.92 Å². The van der Waals surface area contributed by atoms with Gasteiger partial charge >= 0.3 is 0 Å². The smallest absolute Gasteiger partial charge is 0.158 e. The first kappa shape index (κ1) is 7.80. The van der Waals surface area contributed by atoms with Crippen LogP contribution in [0.2, 0.25) is 0 Å². The molecule has 0 aliphatic carbocycles. The first-order chi connectivity index (χ1) is 5.68. The van der Waals surface area contributed by atoms with Gasteiger partial charge in [0.05, 0.1) is 0 Å². The maximum Gasteiger partial charge on any atom is 0.158 e. The minimum absolute atomic E-state index is 0.0110. The molecule has 0 radical (unpaired) electrons. The van der Waals surface area contributed by atoms with Crippen LogP contribution in [0.5, 0.6) is 11.5 Å². The van der Waals surface area contributed by atoms with E-state index in [-0.39, 0.29) is 11.5 Å². The molecule has 1 aromatic carbocycles. The highest BCUT2D eigenvalue weighted by Crippen LogP contribution is 2.43. The van der Waals surface area contributed by atoms with Crippen molar-refractivity contribution in [1.82, 2.24) is 0 Å². The van der Waals surface area contributed by atoms with Crippen LogP contribution in [0.25, 0.3) is 0 Å². The van der Waals surface area contributed by atoms with Crippen molar-refractivity contribution in [3.63, 3.8) is 0 Å². The second-order valence-corrected chi connectivity index (χ2v) is 4.15. The number of hydrogen-bond donors (Lipinski definition) is 2. The Morgan fingerprint density at radius 2 is 2.00 bits per heavy atom. The van der Waals surface area contributed by atoms with Gasteiger partial charge in [-0.05, 0) is 23.6 Å². The van der Waals surface area contributed by atoms with E-state index in [2.05, 4.69) is 6.92 Å². The fraction of sp³-hybridized carbons (Fsp3) is 0.333. The third kappa shape index (κ3) is 1.05. The summed E-state index contributed by atoms with van der Waals surface area (Å²) in [4.78, 5) is 1.10. The van der Waals surface area contributed by atoms with Crippen molar-refractivity contribution < 1.29 is 10.2 Å². The fourth-order valence-electron chi connectivity index (χ4n) is 1.39. The SMILES string of the molecule is CC1CSc2cc(O)c(O)cc21. The highest BCUT2D eigenvalue weighted by atomic mass is 32.2. The number of phenolic OH excluding ortho intramolecular Hbond substituents is 2. The third-order valence-electron chi connectivity index (χ3n) is 2.13. The molecule has 0 spiro atoms. The van der Waals surface area contributed by atoms with Crippen LogP contribution in [0.15, 0.2) is 17.0 Å². The second-order valence-electron chi connectivity index (χ2n) is 3.09. The average molecular weight is 182 g/mol. The van der Waals surface area contributed by atoms with E-state index in [1.54, 1.807) is 23.9 Å². The number of benzene rings is 1. The Kier molecular flexibility index (Phi) is 1.68. The van der Waals surface area contributed by atoms with Crippen molar-refractivity contribution in [1.29, 1.82) is 0 Å². The lowest BCUT2D eigenvalue weighted by Crippen LogP contribution is -1.88. The molecule has 1 unspecified atom stereocenters. The van der Waals surface area contributed by atoms with Crippen molar-refractivity contribution >= 4 is 11.8 Å². The zero-order valence-electron chi connectivity index (χ0n) is 6.74. The predicted octanol–water partition coefficient (Wildman–Crippen LogP) is 2.31. The van der Waals surface area contributed by atoms with Crippen molar-refractivity contribution in [2.75, 3.05) is 5.75 Å². The van der Waals surface area contributed by atoms with Crippen LogP contribution in [0.3, 0.4) is 0 Å². The zero-order valence-corrected chi connectivity index (χ0v) is 7.56. The molecule has 12 heavy (non-hydrogen) atoms. The Labute approximate surface area is 75.2 Å². The molecule has 0 bridgehead atoms. The van der Waals surface area contributed by atoms with Gasteiger partial charge in [-0.25, -0.2) is 0 Å². The summed E-state index contributed by atoms with van der Waals surface area (Å²) in [5.41, 5.74) is 1.15. The first-order valence-electron chi connectivity index (χ1n) is 3.87. The molecule has 0 aromatic heterocycles. The van der Waals surface area contributed by atoms with Crippen LogP contribution in [-0.4, -0.2) is 16.0 Å². The molecule has 1 heterocycles. The summed E-state index contributed by atoms with van der Waals surface area (Å²) >= 11 is 1.73. The van der Waals surface area contributed by atoms with Crippen molar-refractivity contribution in [2.45, 2.75) is 17.7 Å². The first-order valence-corrected chi connectivity index (χ1v) is 4.85. The monoisotopic (exact) mass is 182 g/mol. The van der Waals surface area contributed by atoms with Crippen LogP contribution < -0.4 is 0 Å². The van der Waals surface area contributed by atoms with Gasteiger partial charge in [-0.15, -0.1) is 11.8 Å². The van der Waals surface area contributed by atoms with Gasteiger partial charge in [-0.3, -0.25) is 0 Å². The summed E-state index contributed by atoms with van der Waals surface area (Å²) in [5, 5.41) is 18.4. The molecule has 64 valence electrons. The Morgan fingerprint density at radius 1 is 1.33 bits per heavy atom. The Bertz CT molecular complexity index is 323. The molecule has 1 aliphatic heterocycles. The van der Waals surface area contributed by atoms with Gasteiger partial charge in [0.15, 0.2) is 11.5 Å². The number of hydrogen-bond acceptors (Lipinski definition) is 3. The maximum absolute atomic E-state index is 9.24. The van der Waals surface area contributed by atoms with E-state index in [1.165, 1.54) is 0 Å². The highest BCUT2D eigenvalue weighted by molar-refractivity contribution is 7.99. The van der Waals surface area contributed by atoms with Crippen LogP contribution in [0, 0.1) is 0 Å². The third-order valence-corrected chi connectivity index (χ3v) is 3.46. The highest BCUT2D eigenvalue weighted by Gasteiger charge is 2.20. The van der Waals surface area contributed by atoms with Gasteiger partial charge in [0.2, 0.25) is 0 Å². The lowest BCUT2D eigenvalue weighted by Gasteiger charge is -2.04. The molecule has 2 nitrogen and oxygen atoms in total. The number of aromatic hydroxyl groups is 2. The van der Waals surface area contributed by atoms with Gasteiger partial charge in [0.1, 0.15) is 0 Å². The standard InChI is InChI=1S/C9H10O2S/c1-5-4-12-9-3-8(11)7(10)2-6(5)9/h2-3,5,10-11H,4H2,1H3. The molecule has 3 heteroatoms. The minimum atomic E-state index is -0.0182. The maximum atomic E-state index is 9.24. The topological polar surface area (TPSA) is 40.5 Å². The number of thioether (sulfide) groups is 1. The van der Waals surface area contributed by atoms with Gasteiger partial charge in [-0.2, -0.15) is 0 Å². The van der Waals surface area contributed by atoms with Crippen LogP contribution in [0.1, 0.15) is 18.4 Å². The van der Waals surface area contributed by atoms with E-state index < -0.39 is 0 Å². The molecular formula is C9H10O2S. The Hall–Kier alpha value is -0.830. The van der Waals surface area contributed by atoms with Crippen LogP contribution in [-0.2, 0) is 0 Å². The van der Waals surface area contributed by atoms with Crippen molar-refractivity contribution in [3.8, 4) is 11.5 Å². The van der Waals surface area contributed by atoms with E-state index >= 15 is 0 Å². The summed E-state index contributed by atoms with van der Waals surface area (Å²) in [5.74, 6) is 1.49. The van der Waals surface area contributed by atoms with Crippen molar-refractivity contribution in [2.24, 2.45) is 0 Å².